The molecule has 0 bridgehead atoms. The maximum absolute atomic E-state index is 13.2. The summed E-state index contributed by atoms with van der Waals surface area (Å²) in [5.41, 5.74) is 2.15. The first-order valence-corrected chi connectivity index (χ1v) is 8.55. The fourth-order valence-electron chi connectivity index (χ4n) is 3.26. The van der Waals surface area contributed by atoms with E-state index in [1.54, 1.807) is 18.2 Å². The van der Waals surface area contributed by atoms with Gasteiger partial charge in [0.25, 0.3) is 0 Å². The summed E-state index contributed by atoms with van der Waals surface area (Å²) < 4.78 is 15.2. The first-order chi connectivity index (χ1) is 12.6. The molecule has 0 saturated carbocycles. The Hall–Kier alpha value is -2.97. The second-order valence-corrected chi connectivity index (χ2v) is 6.56. The molecule has 1 N–H and O–H groups in total. The van der Waals surface area contributed by atoms with Gasteiger partial charge in [-0.3, -0.25) is 4.79 Å². The molecule has 1 atom stereocenters. The predicted molar refractivity (Wildman–Crippen MR) is 96.4 cm³/mol. The number of benzene rings is 2. The van der Waals surface area contributed by atoms with Gasteiger partial charge in [-0.05, 0) is 30.7 Å². The van der Waals surface area contributed by atoms with E-state index < -0.39 is 0 Å². The van der Waals surface area contributed by atoms with Crippen LogP contribution < -0.4 is 5.43 Å². The van der Waals surface area contributed by atoms with E-state index >= 15 is 0 Å². The Morgan fingerprint density at radius 3 is 2.88 bits per heavy atom. The number of hydrogen-bond donors (Lipinski definition) is 1. The minimum absolute atomic E-state index is 0.139. The summed E-state index contributed by atoms with van der Waals surface area (Å²) in [5.74, 6) is 6.58. The Bertz CT molecular complexity index is 1060. The van der Waals surface area contributed by atoms with Crippen molar-refractivity contribution >= 4 is 0 Å². The molecule has 1 aromatic rings. The zero-order valence-electron chi connectivity index (χ0n) is 14.1. The molecule has 0 aromatic heterocycles. The zero-order valence-corrected chi connectivity index (χ0v) is 14.1. The zero-order chi connectivity index (χ0) is 18.1. The van der Waals surface area contributed by atoms with Crippen LogP contribution in [0.4, 0.5) is 4.39 Å². The number of aliphatic hydroxyl groups excluding tert-OH is 1. The fraction of sp³-hybridized carbons (Fsp3) is 0.238. The molecule has 4 nitrogen and oxygen atoms in total. The van der Waals surface area contributed by atoms with Crippen molar-refractivity contribution < 1.29 is 9.50 Å². The van der Waals surface area contributed by atoms with Gasteiger partial charge in [-0.25, -0.2) is 9.37 Å². The van der Waals surface area contributed by atoms with E-state index in [9.17, 15) is 14.3 Å². The summed E-state index contributed by atoms with van der Waals surface area (Å²) in [6.45, 7) is 0.818. The normalized spacial score (nSPS) is 16.0. The molecule has 0 spiro atoms. The van der Waals surface area contributed by atoms with Gasteiger partial charge in [-0.15, -0.1) is 0 Å². The summed E-state index contributed by atoms with van der Waals surface area (Å²) in [6.07, 6.45) is 3.48. The van der Waals surface area contributed by atoms with E-state index in [-0.39, 0.29) is 23.8 Å². The molecule has 1 aromatic carbocycles. The van der Waals surface area contributed by atoms with Crippen LogP contribution in [0.25, 0.3) is 11.3 Å². The number of fused-ring (bicyclic) bond motifs is 2. The van der Waals surface area contributed by atoms with Gasteiger partial charge in [0.2, 0.25) is 0 Å². The highest BCUT2D eigenvalue weighted by Crippen LogP contribution is 2.24. The van der Waals surface area contributed by atoms with E-state index in [0.717, 1.165) is 18.7 Å². The number of halogens is 1. The second-order valence-electron chi connectivity index (χ2n) is 6.56. The molecule has 3 aliphatic rings. The van der Waals surface area contributed by atoms with Crippen LogP contribution in [-0.4, -0.2) is 21.3 Å². The maximum atomic E-state index is 13.2. The minimum Gasteiger partial charge on any atom is -0.396 e. The van der Waals surface area contributed by atoms with Crippen molar-refractivity contribution in [2.24, 2.45) is 5.92 Å². The monoisotopic (exact) mass is 348 g/mol. The molecular formula is C21H17FN2O2. The topological polar surface area (TPSA) is 55.1 Å². The van der Waals surface area contributed by atoms with Gasteiger partial charge in [0.15, 0.2) is 5.43 Å². The van der Waals surface area contributed by atoms with Crippen molar-refractivity contribution in [2.75, 3.05) is 6.61 Å². The highest BCUT2D eigenvalue weighted by atomic mass is 19.1. The largest absolute Gasteiger partial charge is 0.396 e. The molecule has 0 radical (unpaired) electrons. The Morgan fingerprint density at radius 1 is 1.23 bits per heavy atom. The van der Waals surface area contributed by atoms with Crippen molar-refractivity contribution in [1.82, 2.24) is 9.55 Å². The molecule has 0 fully saturated rings. The van der Waals surface area contributed by atoms with Gasteiger partial charge in [-0.1, -0.05) is 17.9 Å². The summed E-state index contributed by atoms with van der Waals surface area (Å²) >= 11 is 0. The van der Waals surface area contributed by atoms with E-state index in [0.29, 0.717) is 28.9 Å². The molecule has 2 heterocycles. The Morgan fingerprint density at radius 2 is 2.08 bits per heavy atom. The van der Waals surface area contributed by atoms with Gasteiger partial charge in [0.05, 0.1) is 11.3 Å². The molecule has 130 valence electrons. The van der Waals surface area contributed by atoms with Crippen LogP contribution >= 0.6 is 0 Å². The lowest BCUT2D eigenvalue weighted by atomic mass is 9.98. The number of hydrogen-bond acceptors (Lipinski definition) is 3. The predicted octanol–water partition coefficient (Wildman–Crippen LogP) is 2.44. The number of rotatable bonds is 1. The number of aryl methyl sites for hydroxylation is 1. The molecular weight excluding hydrogens is 331 g/mol. The van der Waals surface area contributed by atoms with Crippen LogP contribution in [0, 0.1) is 23.6 Å². The first kappa shape index (κ1) is 16.5. The quantitative estimate of drug-likeness (QED) is 0.687. The van der Waals surface area contributed by atoms with Crippen molar-refractivity contribution in [1.29, 1.82) is 0 Å². The molecule has 5 heteroatoms. The molecule has 1 unspecified atom stereocenters. The van der Waals surface area contributed by atoms with Crippen molar-refractivity contribution in [3.05, 3.63) is 75.6 Å². The second kappa shape index (κ2) is 6.74. The number of aliphatic hydroxyl groups is 1. The molecule has 0 saturated heterocycles. The Labute approximate surface area is 150 Å². The summed E-state index contributed by atoms with van der Waals surface area (Å²) in [6, 6.07) is 9.32. The van der Waals surface area contributed by atoms with Gasteiger partial charge < -0.3 is 9.67 Å². The molecule has 1 aliphatic carbocycles. The summed E-state index contributed by atoms with van der Waals surface area (Å²) in [7, 11) is 0. The van der Waals surface area contributed by atoms with Crippen LogP contribution in [0.5, 0.6) is 0 Å². The van der Waals surface area contributed by atoms with Crippen LogP contribution in [0.3, 0.4) is 0 Å². The minimum atomic E-state index is -0.341. The maximum Gasteiger partial charge on any atom is 0.190 e. The summed E-state index contributed by atoms with van der Waals surface area (Å²) in [5, 5.41) is 9.36. The van der Waals surface area contributed by atoms with E-state index in [1.165, 1.54) is 18.2 Å². The van der Waals surface area contributed by atoms with E-state index in [4.69, 9.17) is 0 Å². The lowest BCUT2D eigenvalue weighted by Crippen LogP contribution is -2.26. The highest BCUT2D eigenvalue weighted by molar-refractivity contribution is 5.63. The first-order valence-electron chi connectivity index (χ1n) is 8.55. The number of aromatic nitrogens is 2. The average Bonchev–Trinajstić information content (AvgIpc) is 2.65. The van der Waals surface area contributed by atoms with Crippen LogP contribution in [0.1, 0.15) is 23.4 Å². The van der Waals surface area contributed by atoms with Crippen LogP contribution in [0.2, 0.25) is 0 Å². The molecule has 0 amide bonds. The van der Waals surface area contributed by atoms with Crippen molar-refractivity contribution in [3.8, 4) is 23.1 Å². The van der Waals surface area contributed by atoms with Crippen LogP contribution in [-0.2, 0) is 13.0 Å². The van der Waals surface area contributed by atoms with Gasteiger partial charge in [0.1, 0.15) is 11.6 Å². The SMILES string of the molecule is O=c1cc(C#Cc2cccc(F)c2)cc2nc3n(cc1-2)CC(CO)CC3. The third-order valence-corrected chi connectivity index (χ3v) is 4.65. The Kier molecular flexibility index (Phi) is 4.27. The van der Waals surface area contributed by atoms with Gasteiger partial charge in [0, 0.05) is 48.9 Å². The van der Waals surface area contributed by atoms with Gasteiger partial charge >= 0.3 is 0 Å². The Balaban J connectivity index is 1.74. The van der Waals surface area contributed by atoms with Crippen molar-refractivity contribution in [2.45, 2.75) is 19.4 Å². The average molecular weight is 348 g/mol. The lowest BCUT2D eigenvalue weighted by molar-refractivity contribution is 0.189. The van der Waals surface area contributed by atoms with E-state index in [1.807, 2.05) is 10.8 Å². The van der Waals surface area contributed by atoms with Gasteiger partial charge in [-0.2, -0.15) is 0 Å². The molecule has 4 rings (SSSR count). The summed E-state index contributed by atoms with van der Waals surface area (Å²) in [4.78, 5) is 17.1. The number of nitrogens with zero attached hydrogens (tertiary/aromatic N) is 2. The fourth-order valence-corrected chi connectivity index (χ4v) is 3.26. The van der Waals surface area contributed by atoms with E-state index in [2.05, 4.69) is 16.8 Å². The highest BCUT2D eigenvalue weighted by Gasteiger charge is 2.21. The van der Waals surface area contributed by atoms with Crippen LogP contribution in [0.15, 0.2) is 47.4 Å². The third kappa shape index (κ3) is 3.24. The lowest BCUT2D eigenvalue weighted by Gasteiger charge is -2.26. The molecule has 2 aliphatic heterocycles. The van der Waals surface area contributed by atoms with Crippen molar-refractivity contribution in [3.63, 3.8) is 0 Å². The molecule has 26 heavy (non-hydrogen) atoms. The smallest absolute Gasteiger partial charge is 0.190 e. The third-order valence-electron chi connectivity index (χ3n) is 4.65. The standard InChI is InChI=1S/C21H17FN2O2/c22-17-3-1-2-14(8-17)4-5-15-9-19-18(20(26)10-15)12-24-11-16(13-25)6-7-21(24)23-19/h1-3,8-10,12,16,25H,6-7,11,13H2.